The van der Waals surface area contributed by atoms with Crippen LogP contribution in [0, 0.1) is 11.7 Å². The summed E-state index contributed by atoms with van der Waals surface area (Å²) >= 11 is 5.69. The fourth-order valence-electron chi connectivity index (χ4n) is 2.41. The Morgan fingerprint density at radius 3 is 2.70 bits per heavy atom. The molecule has 110 valence electrons. The van der Waals surface area contributed by atoms with Gasteiger partial charge in [0.2, 0.25) is 5.91 Å². The number of benzene rings is 1. The van der Waals surface area contributed by atoms with E-state index in [1.165, 1.54) is 12.1 Å². The van der Waals surface area contributed by atoms with Gasteiger partial charge in [-0.05, 0) is 57.0 Å². The highest BCUT2D eigenvalue weighted by Crippen LogP contribution is 2.21. The second-order valence-corrected chi connectivity index (χ2v) is 5.94. The minimum Gasteiger partial charge on any atom is -0.322 e. The lowest BCUT2D eigenvalue weighted by molar-refractivity contribution is -0.121. The molecule has 3 nitrogen and oxygen atoms in total. The number of hydrogen-bond donors (Lipinski definition) is 1. The van der Waals surface area contributed by atoms with Gasteiger partial charge < -0.3 is 5.32 Å². The van der Waals surface area contributed by atoms with Crippen molar-refractivity contribution in [2.45, 2.75) is 32.7 Å². The summed E-state index contributed by atoms with van der Waals surface area (Å²) in [5.74, 6) is 0.0290. The Morgan fingerprint density at radius 2 is 2.10 bits per heavy atom. The van der Waals surface area contributed by atoms with Gasteiger partial charge in [0.25, 0.3) is 0 Å². The fraction of sp³-hybridized carbons (Fsp3) is 0.533. The number of anilines is 1. The van der Waals surface area contributed by atoms with Crippen LogP contribution in [0.2, 0.25) is 5.02 Å². The number of piperidine rings is 1. The van der Waals surface area contributed by atoms with Crippen LogP contribution in [0.5, 0.6) is 0 Å². The Balaban J connectivity index is 1.97. The van der Waals surface area contributed by atoms with Crippen molar-refractivity contribution in [1.29, 1.82) is 0 Å². The second kappa shape index (κ2) is 6.55. The predicted octanol–water partition coefficient (Wildman–Crippen LogP) is 3.54. The van der Waals surface area contributed by atoms with Crippen LogP contribution in [0.25, 0.3) is 0 Å². The first kappa shape index (κ1) is 15.3. The Labute approximate surface area is 124 Å². The summed E-state index contributed by atoms with van der Waals surface area (Å²) in [5.41, 5.74) is 0.177. The van der Waals surface area contributed by atoms with E-state index in [0.29, 0.717) is 5.02 Å². The van der Waals surface area contributed by atoms with Gasteiger partial charge >= 0.3 is 0 Å². The molecule has 0 radical (unpaired) electrons. The van der Waals surface area contributed by atoms with E-state index in [-0.39, 0.29) is 17.6 Å². The van der Waals surface area contributed by atoms with Gasteiger partial charge in [0.1, 0.15) is 5.82 Å². The maximum absolute atomic E-state index is 13.7. The van der Waals surface area contributed by atoms with Gasteiger partial charge in [-0.2, -0.15) is 0 Å². The van der Waals surface area contributed by atoms with Crippen molar-refractivity contribution in [1.82, 2.24) is 4.90 Å². The summed E-state index contributed by atoms with van der Waals surface area (Å²) in [7, 11) is 0. The molecule has 20 heavy (non-hydrogen) atoms. The highest BCUT2D eigenvalue weighted by Gasteiger charge is 2.25. The van der Waals surface area contributed by atoms with E-state index in [9.17, 15) is 9.18 Å². The molecule has 1 atom stereocenters. The Bertz CT molecular complexity index is 487. The molecule has 2 rings (SSSR count). The molecule has 1 heterocycles. The molecule has 1 N–H and O–H groups in total. The van der Waals surface area contributed by atoms with Crippen molar-refractivity contribution in [2.75, 3.05) is 18.4 Å². The third-order valence-electron chi connectivity index (χ3n) is 3.93. The molecule has 0 bridgehead atoms. The van der Waals surface area contributed by atoms with Crippen LogP contribution < -0.4 is 5.32 Å². The molecule has 1 fully saturated rings. The van der Waals surface area contributed by atoms with Crippen LogP contribution >= 0.6 is 11.6 Å². The van der Waals surface area contributed by atoms with Gasteiger partial charge in [0, 0.05) is 5.02 Å². The van der Waals surface area contributed by atoms with Crippen LogP contribution in [0.4, 0.5) is 10.1 Å². The number of nitrogens with one attached hydrogen (secondary N) is 1. The summed E-state index contributed by atoms with van der Waals surface area (Å²) in [6.45, 7) is 5.92. The number of amides is 1. The van der Waals surface area contributed by atoms with Gasteiger partial charge in [0.05, 0.1) is 11.7 Å². The molecule has 5 heteroatoms. The lowest BCUT2D eigenvalue weighted by Gasteiger charge is -2.34. The lowest BCUT2D eigenvalue weighted by atomic mass is 9.98. The molecule has 1 aromatic carbocycles. The number of nitrogens with zero attached hydrogens (tertiary/aromatic N) is 1. The Hall–Kier alpha value is -1.13. The average Bonchev–Trinajstić information content (AvgIpc) is 2.42. The number of likely N-dealkylation sites (tertiary alicyclic amines) is 1. The van der Waals surface area contributed by atoms with Crippen molar-refractivity contribution >= 4 is 23.2 Å². The molecule has 0 spiro atoms. The summed E-state index contributed by atoms with van der Waals surface area (Å²) in [4.78, 5) is 14.3. The second-order valence-electron chi connectivity index (χ2n) is 5.51. The van der Waals surface area contributed by atoms with Crippen LogP contribution in [-0.4, -0.2) is 29.9 Å². The number of carbonyl (C=O) groups is 1. The third-order valence-corrected chi connectivity index (χ3v) is 4.17. The zero-order valence-electron chi connectivity index (χ0n) is 11.8. The van der Waals surface area contributed by atoms with Gasteiger partial charge in [0.15, 0.2) is 0 Å². The fourth-order valence-corrected chi connectivity index (χ4v) is 2.57. The van der Waals surface area contributed by atoms with E-state index in [0.717, 1.165) is 31.8 Å². The first-order valence-electron chi connectivity index (χ1n) is 6.97. The first-order valence-corrected chi connectivity index (χ1v) is 7.35. The van der Waals surface area contributed by atoms with Crippen LogP contribution in [0.3, 0.4) is 0 Å². The highest BCUT2D eigenvalue weighted by molar-refractivity contribution is 6.30. The van der Waals surface area contributed by atoms with Crippen molar-refractivity contribution in [3.05, 3.63) is 29.0 Å². The summed E-state index contributed by atoms with van der Waals surface area (Å²) < 4.78 is 13.7. The van der Waals surface area contributed by atoms with E-state index in [1.54, 1.807) is 6.07 Å². The minimum absolute atomic E-state index is 0.177. The van der Waals surface area contributed by atoms with Crippen LogP contribution in [0.15, 0.2) is 18.2 Å². The van der Waals surface area contributed by atoms with Gasteiger partial charge in [-0.15, -0.1) is 0 Å². The SMILES string of the molecule is CC1CCN([C@H](C)C(=O)Nc2ccc(Cl)cc2F)CC1. The molecule has 1 saturated heterocycles. The zero-order valence-corrected chi connectivity index (χ0v) is 12.6. The lowest BCUT2D eigenvalue weighted by Crippen LogP contribution is -2.45. The summed E-state index contributed by atoms with van der Waals surface area (Å²) in [6, 6.07) is 4.00. The Kier molecular flexibility index (Phi) is 5.00. The number of halogens is 2. The quantitative estimate of drug-likeness (QED) is 0.926. The van der Waals surface area contributed by atoms with E-state index < -0.39 is 5.82 Å². The minimum atomic E-state index is -0.509. The Morgan fingerprint density at radius 1 is 1.45 bits per heavy atom. The predicted molar refractivity (Wildman–Crippen MR) is 79.5 cm³/mol. The molecular formula is C15H20ClFN2O. The molecule has 1 amide bonds. The van der Waals surface area contributed by atoms with Crippen molar-refractivity contribution in [3.63, 3.8) is 0 Å². The largest absolute Gasteiger partial charge is 0.322 e. The molecule has 0 unspecified atom stereocenters. The molecule has 1 aliphatic rings. The average molecular weight is 299 g/mol. The van der Waals surface area contributed by atoms with E-state index >= 15 is 0 Å². The topological polar surface area (TPSA) is 32.3 Å². The van der Waals surface area contributed by atoms with E-state index in [1.807, 2.05) is 6.92 Å². The number of carbonyl (C=O) groups excluding carboxylic acids is 1. The number of hydrogen-bond acceptors (Lipinski definition) is 2. The zero-order chi connectivity index (χ0) is 14.7. The summed E-state index contributed by atoms with van der Waals surface area (Å²) in [5, 5.41) is 2.95. The molecule has 0 aromatic heterocycles. The monoisotopic (exact) mass is 298 g/mol. The standard InChI is InChI=1S/C15H20ClFN2O/c1-10-5-7-19(8-6-10)11(2)15(20)18-14-4-3-12(16)9-13(14)17/h3-4,9-11H,5-8H2,1-2H3,(H,18,20)/t11-/m1/s1. The van der Waals surface area contributed by atoms with Gasteiger partial charge in [-0.1, -0.05) is 18.5 Å². The smallest absolute Gasteiger partial charge is 0.241 e. The maximum Gasteiger partial charge on any atom is 0.241 e. The first-order chi connectivity index (χ1) is 9.47. The number of rotatable bonds is 3. The normalized spacial score (nSPS) is 18.8. The molecule has 1 aliphatic heterocycles. The van der Waals surface area contributed by atoms with Crippen molar-refractivity contribution < 1.29 is 9.18 Å². The van der Waals surface area contributed by atoms with Crippen molar-refractivity contribution in [2.24, 2.45) is 5.92 Å². The maximum atomic E-state index is 13.7. The van der Waals surface area contributed by atoms with Crippen molar-refractivity contribution in [3.8, 4) is 0 Å². The molecular weight excluding hydrogens is 279 g/mol. The van der Waals surface area contributed by atoms with Gasteiger partial charge in [-0.25, -0.2) is 4.39 Å². The molecule has 0 aliphatic carbocycles. The van der Waals surface area contributed by atoms with Gasteiger partial charge in [-0.3, -0.25) is 9.69 Å². The summed E-state index contributed by atoms with van der Waals surface area (Å²) in [6.07, 6.45) is 2.21. The van der Waals surface area contributed by atoms with E-state index in [4.69, 9.17) is 11.6 Å². The van der Waals surface area contributed by atoms with E-state index in [2.05, 4.69) is 17.1 Å². The highest BCUT2D eigenvalue weighted by atomic mass is 35.5. The molecule has 1 aromatic rings. The van der Waals surface area contributed by atoms with Crippen LogP contribution in [-0.2, 0) is 4.79 Å². The third kappa shape index (κ3) is 3.70. The molecule has 0 saturated carbocycles. The van der Waals surface area contributed by atoms with Crippen LogP contribution in [0.1, 0.15) is 26.7 Å².